The van der Waals surface area contributed by atoms with Crippen molar-refractivity contribution in [1.29, 1.82) is 0 Å². The maximum Gasteiger partial charge on any atom is 0.308 e. The van der Waals surface area contributed by atoms with Gasteiger partial charge in [0.2, 0.25) is 5.91 Å². The number of carboxylic acids is 1. The van der Waals surface area contributed by atoms with Crippen molar-refractivity contribution in [3.8, 4) is 0 Å². The van der Waals surface area contributed by atoms with Gasteiger partial charge in [-0.1, -0.05) is 6.92 Å². The van der Waals surface area contributed by atoms with Crippen molar-refractivity contribution in [3.63, 3.8) is 0 Å². The predicted molar refractivity (Wildman–Crippen MR) is 62.2 cm³/mol. The van der Waals surface area contributed by atoms with Crippen LogP contribution in [0.5, 0.6) is 0 Å². The van der Waals surface area contributed by atoms with E-state index >= 15 is 0 Å². The largest absolute Gasteiger partial charge is 0.481 e. The van der Waals surface area contributed by atoms with Gasteiger partial charge in [-0.15, -0.1) is 0 Å². The molecule has 0 saturated heterocycles. The molecule has 5 nitrogen and oxygen atoms in total. The van der Waals surface area contributed by atoms with Crippen LogP contribution < -0.4 is 10.6 Å². The molecule has 0 aromatic carbocycles. The maximum absolute atomic E-state index is 11.3. The van der Waals surface area contributed by atoms with Crippen molar-refractivity contribution in [1.82, 2.24) is 10.6 Å². The quantitative estimate of drug-likeness (QED) is 0.624. The Morgan fingerprint density at radius 1 is 1.31 bits per heavy atom. The van der Waals surface area contributed by atoms with Crippen LogP contribution in [0.15, 0.2) is 0 Å². The summed E-state index contributed by atoms with van der Waals surface area (Å²) in [5.74, 6) is -1.56. The Bertz CT molecular complexity index is 246. The lowest BCUT2D eigenvalue weighted by atomic mass is 10.1. The van der Waals surface area contributed by atoms with Crippen LogP contribution in [0.25, 0.3) is 0 Å². The second kappa shape index (κ2) is 6.48. The molecular formula is C11H22N2O3. The second-order valence-corrected chi connectivity index (χ2v) is 4.97. The molecule has 0 heterocycles. The standard InChI is InChI=1S/C11H22N2O3/c1-8(10(15)16)7-12-9(14)5-6-13-11(2,3)4/h8,13H,5-7H2,1-4H3,(H,12,14)(H,15,16). The van der Waals surface area contributed by atoms with Crippen molar-refractivity contribution < 1.29 is 14.7 Å². The summed E-state index contributed by atoms with van der Waals surface area (Å²) < 4.78 is 0. The van der Waals surface area contributed by atoms with E-state index < -0.39 is 11.9 Å². The van der Waals surface area contributed by atoms with E-state index in [-0.39, 0.29) is 18.0 Å². The number of carbonyl (C=O) groups is 2. The summed E-state index contributed by atoms with van der Waals surface area (Å²) in [7, 11) is 0. The van der Waals surface area contributed by atoms with Gasteiger partial charge in [-0.05, 0) is 20.8 Å². The van der Waals surface area contributed by atoms with Gasteiger partial charge in [-0.3, -0.25) is 9.59 Å². The Balaban J connectivity index is 3.64. The normalized spacial score (nSPS) is 13.2. The molecule has 1 amide bonds. The SMILES string of the molecule is CC(CNC(=O)CCNC(C)(C)C)C(=O)O. The lowest BCUT2D eigenvalue weighted by Crippen LogP contribution is -2.39. The number of nitrogens with one attached hydrogen (secondary N) is 2. The average molecular weight is 230 g/mol. The fourth-order valence-electron chi connectivity index (χ4n) is 0.994. The molecule has 5 heteroatoms. The van der Waals surface area contributed by atoms with Gasteiger partial charge in [0.25, 0.3) is 0 Å². The first kappa shape index (κ1) is 14.9. The van der Waals surface area contributed by atoms with Crippen LogP contribution in [-0.4, -0.2) is 35.6 Å². The average Bonchev–Trinajstić information content (AvgIpc) is 2.11. The summed E-state index contributed by atoms with van der Waals surface area (Å²) in [5.41, 5.74) is -0.00532. The van der Waals surface area contributed by atoms with Crippen molar-refractivity contribution in [3.05, 3.63) is 0 Å². The first-order valence-corrected chi connectivity index (χ1v) is 5.47. The van der Waals surface area contributed by atoms with Gasteiger partial charge in [-0.25, -0.2) is 0 Å². The highest BCUT2D eigenvalue weighted by atomic mass is 16.4. The smallest absolute Gasteiger partial charge is 0.308 e. The van der Waals surface area contributed by atoms with Crippen molar-refractivity contribution >= 4 is 11.9 Å². The Hall–Kier alpha value is -1.10. The Kier molecular flexibility index (Phi) is 6.03. The Morgan fingerprint density at radius 2 is 1.88 bits per heavy atom. The lowest BCUT2D eigenvalue weighted by molar-refractivity contribution is -0.141. The van der Waals surface area contributed by atoms with E-state index in [4.69, 9.17) is 5.11 Å². The van der Waals surface area contributed by atoms with E-state index in [1.165, 1.54) is 0 Å². The van der Waals surface area contributed by atoms with Crippen LogP contribution in [0.4, 0.5) is 0 Å². The number of hydrogen-bond acceptors (Lipinski definition) is 3. The highest BCUT2D eigenvalue weighted by Crippen LogP contribution is 1.98. The molecule has 0 aliphatic rings. The third-order valence-electron chi connectivity index (χ3n) is 2.03. The number of carboxylic acid groups (broad SMARTS) is 1. The molecular weight excluding hydrogens is 208 g/mol. The molecule has 0 radical (unpaired) electrons. The summed E-state index contributed by atoms with van der Waals surface area (Å²) in [6.45, 7) is 8.42. The van der Waals surface area contributed by atoms with E-state index in [1.807, 2.05) is 20.8 Å². The van der Waals surface area contributed by atoms with Crippen LogP contribution in [0.3, 0.4) is 0 Å². The molecule has 0 rings (SSSR count). The van der Waals surface area contributed by atoms with Crippen LogP contribution in [0, 0.1) is 5.92 Å². The van der Waals surface area contributed by atoms with Gasteiger partial charge in [0.1, 0.15) is 0 Å². The zero-order valence-corrected chi connectivity index (χ0v) is 10.5. The molecule has 1 atom stereocenters. The number of carbonyl (C=O) groups excluding carboxylic acids is 1. The van der Waals surface area contributed by atoms with Crippen molar-refractivity contribution in [2.24, 2.45) is 5.92 Å². The Labute approximate surface area is 96.6 Å². The molecule has 0 fully saturated rings. The fraction of sp³-hybridized carbons (Fsp3) is 0.818. The van der Waals surface area contributed by atoms with E-state index in [1.54, 1.807) is 6.92 Å². The summed E-state index contributed by atoms with van der Waals surface area (Å²) in [5, 5.41) is 14.4. The minimum Gasteiger partial charge on any atom is -0.481 e. The highest BCUT2D eigenvalue weighted by molar-refractivity contribution is 5.77. The molecule has 3 N–H and O–H groups in total. The molecule has 0 bridgehead atoms. The van der Waals surface area contributed by atoms with Gasteiger partial charge in [-0.2, -0.15) is 0 Å². The molecule has 0 aromatic heterocycles. The number of rotatable bonds is 6. The zero-order chi connectivity index (χ0) is 12.8. The van der Waals surface area contributed by atoms with Gasteiger partial charge < -0.3 is 15.7 Å². The third kappa shape index (κ3) is 8.23. The van der Waals surface area contributed by atoms with Gasteiger partial charge in [0.15, 0.2) is 0 Å². The zero-order valence-electron chi connectivity index (χ0n) is 10.5. The van der Waals surface area contributed by atoms with E-state index in [0.29, 0.717) is 13.0 Å². The van der Waals surface area contributed by atoms with Crippen molar-refractivity contribution in [2.75, 3.05) is 13.1 Å². The van der Waals surface area contributed by atoms with Crippen LogP contribution in [0.1, 0.15) is 34.1 Å². The molecule has 0 aromatic rings. The first-order valence-electron chi connectivity index (χ1n) is 5.47. The molecule has 0 aliphatic carbocycles. The molecule has 0 aliphatic heterocycles. The van der Waals surface area contributed by atoms with Crippen molar-refractivity contribution in [2.45, 2.75) is 39.7 Å². The van der Waals surface area contributed by atoms with Gasteiger partial charge in [0, 0.05) is 25.0 Å². The fourth-order valence-corrected chi connectivity index (χ4v) is 0.994. The first-order chi connectivity index (χ1) is 7.22. The van der Waals surface area contributed by atoms with Crippen LogP contribution >= 0.6 is 0 Å². The molecule has 0 spiro atoms. The summed E-state index contributed by atoms with van der Waals surface area (Å²) in [4.78, 5) is 21.8. The third-order valence-corrected chi connectivity index (χ3v) is 2.03. The summed E-state index contributed by atoms with van der Waals surface area (Å²) in [6.07, 6.45) is 0.365. The van der Waals surface area contributed by atoms with E-state index in [0.717, 1.165) is 0 Å². The van der Waals surface area contributed by atoms with Crippen LogP contribution in [0.2, 0.25) is 0 Å². The van der Waals surface area contributed by atoms with E-state index in [2.05, 4.69) is 10.6 Å². The van der Waals surface area contributed by atoms with E-state index in [9.17, 15) is 9.59 Å². The molecule has 0 saturated carbocycles. The topological polar surface area (TPSA) is 78.4 Å². The van der Waals surface area contributed by atoms with Gasteiger partial charge >= 0.3 is 5.97 Å². The minimum atomic E-state index is -0.895. The summed E-state index contributed by atoms with van der Waals surface area (Å²) >= 11 is 0. The number of aliphatic carboxylic acids is 1. The van der Waals surface area contributed by atoms with Gasteiger partial charge in [0.05, 0.1) is 5.92 Å². The molecule has 94 valence electrons. The highest BCUT2D eigenvalue weighted by Gasteiger charge is 2.13. The second-order valence-electron chi connectivity index (χ2n) is 4.97. The Morgan fingerprint density at radius 3 is 2.31 bits per heavy atom. The molecule has 16 heavy (non-hydrogen) atoms. The monoisotopic (exact) mass is 230 g/mol. The number of amides is 1. The molecule has 1 unspecified atom stereocenters. The number of hydrogen-bond donors (Lipinski definition) is 3. The van der Waals surface area contributed by atoms with Crippen LogP contribution in [-0.2, 0) is 9.59 Å². The summed E-state index contributed by atoms with van der Waals surface area (Å²) in [6, 6.07) is 0. The lowest BCUT2D eigenvalue weighted by Gasteiger charge is -2.20. The maximum atomic E-state index is 11.3. The predicted octanol–water partition coefficient (Wildman–Crippen LogP) is 0.601. The minimum absolute atomic E-state index is 0.00532.